The van der Waals surface area contributed by atoms with Crippen LogP contribution in [0, 0.1) is 17.6 Å². The Bertz CT molecular complexity index is 630. The fourth-order valence-corrected chi connectivity index (χ4v) is 2.52. The summed E-state index contributed by atoms with van der Waals surface area (Å²) in [6.45, 7) is 1.74. The van der Waals surface area contributed by atoms with Gasteiger partial charge in [0.1, 0.15) is 6.33 Å². The zero-order valence-corrected chi connectivity index (χ0v) is 11.8. The third-order valence-electron chi connectivity index (χ3n) is 2.78. The molecule has 4 nitrogen and oxygen atoms in total. The van der Waals surface area contributed by atoms with Crippen LogP contribution in [0.1, 0.15) is 17.3 Å². The molecule has 1 aromatic heterocycles. The summed E-state index contributed by atoms with van der Waals surface area (Å²) in [7, 11) is 1.81. The molecule has 1 heterocycles. The number of carbonyl (C=O) groups is 1. The van der Waals surface area contributed by atoms with E-state index < -0.39 is 11.6 Å². The Morgan fingerprint density at radius 2 is 2.15 bits per heavy atom. The van der Waals surface area contributed by atoms with Gasteiger partial charge in [-0.25, -0.2) is 8.78 Å². The largest absolute Gasteiger partial charge is 0.312 e. The fraction of sp³-hybridized carbons (Fsp3) is 0.308. The molecular weight excluding hydrogens is 284 g/mol. The van der Waals surface area contributed by atoms with E-state index in [2.05, 4.69) is 10.2 Å². The van der Waals surface area contributed by atoms with Gasteiger partial charge in [-0.1, -0.05) is 18.7 Å². The summed E-state index contributed by atoms with van der Waals surface area (Å²) in [6, 6.07) is 3.19. The van der Waals surface area contributed by atoms with Crippen LogP contribution < -0.4 is 0 Å². The molecule has 0 aliphatic heterocycles. The smallest absolute Gasteiger partial charge is 0.190 e. The number of thioether (sulfide) groups is 1. The topological polar surface area (TPSA) is 47.8 Å². The molecular formula is C13H13F2N3OS. The number of halogens is 2. The molecule has 0 radical (unpaired) electrons. The van der Waals surface area contributed by atoms with Crippen LogP contribution in [-0.2, 0) is 7.05 Å². The Morgan fingerprint density at radius 3 is 2.75 bits per heavy atom. The number of Topliss-reactive ketones (excluding diaryl/α,β-unsaturated/α-hetero) is 1. The summed E-state index contributed by atoms with van der Waals surface area (Å²) in [5.74, 6) is -2.03. The van der Waals surface area contributed by atoms with E-state index in [1.54, 1.807) is 17.8 Å². The number of carbonyl (C=O) groups excluding carboxylic acids is 1. The Labute approximate surface area is 119 Å². The predicted molar refractivity (Wildman–Crippen MR) is 71.6 cm³/mol. The highest BCUT2D eigenvalue weighted by atomic mass is 32.2. The molecule has 0 aliphatic rings. The van der Waals surface area contributed by atoms with E-state index >= 15 is 0 Å². The van der Waals surface area contributed by atoms with Gasteiger partial charge in [-0.15, -0.1) is 10.2 Å². The van der Waals surface area contributed by atoms with Crippen LogP contribution in [0.5, 0.6) is 0 Å². The molecule has 106 valence electrons. The van der Waals surface area contributed by atoms with Gasteiger partial charge >= 0.3 is 0 Å². The molecule has 1 atom stereocenters. The quantitative estimate of drug-likeness (QED) is 0.629. The summed E-state index contributed by atoms with van der Waals surface area (Å²) in [5, 5.41) is 8.34. The van der Waals surface area contributed by atoms with E-state index in [0.29, 0.717) is 10.9 Å². The van der Waals surface area contributed by atoms with Crippen LogP contribution in [0.3, 0.4) is 0 Å². The van der Waals surface area contributed by atoms with Gasteiger partial charge in [-0.05, 0) is 18.2 Å². The highest BCUT2D eigenvalue weighted by Crippen LogP contribution is 2.20. The zero-order valence-electron chi connectivity index (χ0n) is 11.0. The first-order valence-corrected chi connectivity index (χ1v) is 6.93. The van der Waals surface area contributed by atoms with Gasteiger partial charge in [0.2, 0.25) is 0 Å². The van der Waals surface area contributed by atoms with Gasteiger partial charge in [-0.2, -0.15) is 0 Å². The average Bonchev–Trinajstić information content (AvgIpc) is 2.84. The maximum atomic E-state index is 13.1. The van der Waals surface area contributed by atoms with Crippen molar-refractivity contribution in [3.8, 4) is 0 Å². The summed E-state index contributed by atoms with van der Waals surface area (Å²) in [6.07, 6.45) is 1.57. The number of nitrogens with zero attached hydrogens (tertiary/aromatic N) is 3. The van der Waals surface area contributed by atoms with Crippen molar-refractivity contribution in [1.82, 2.24) is 14.8 Å². The van der Waals surface area contributed by atoms with E-state index in [1.165, 1.54) is 17.8 Å². The van der Waals surface area contributed by atoms with Crippen molar-refractivity contribution in [2.24, 2.45) is 13.0 Å². The summed E-state index contributed by atoms with van der Waals surface area (Å²) < 4.78 is 27.7. The molecule has 0 unspecified atom stereocenters. The van der Waals surface area contributed by atoms with Crippen LogP contribution in [0.2, 0.25) is 0 Å². The van der Waals surface area contributed by atoms with Crippen LogP contribution in [0.4, 0.5) is 8.78 Å². The lowest BCUT2D eigenvalue weighted by Gasteiger charge is -2.10. The Hall–Kier alpha value is -1.76. The Balaban J connectivity index is 2.01. The second-order valence-electron chi connectivity index (χ2n) is 4.43. The lowest BCUT2D eigenvalue weighted by atomic mass is 10.0. The van der Waals surface area contributed by atoms with E-state index in [0.717, 1.165) is 12.1 Å². The van der Waals surface area contributed by atoms with Crippen LogP contribution in [-0.4, -0.2) is 26.3 Å². The van der Waals surface area contributed by atoms with Crippen molar-refractivity contribution in [1.29, 1.82) is 0 Å². The first kappa shape index (κ1) is 14.6. The third kappa shape index (κ3) is 3.22. The molecule has 0 saturated carbocycles. The van der Waals surface area contributed by atoms with Crippen molar-refractivity contribution < 1.29 is 13.6 Å². The first-order valence-electron chi connectivity index (χ1n) is 5.95. The minimum atomic E-state index is -1.01. The normalized spacial score (nSPS) is 12.4. The minimum absolute atomic E-state index is 0.176. The fourth-order valence-electron chi connectivity index (χ4n) is 1.61. The molecule has 0 N–H and O–H groups in total. The number of hydrogen-bond donors (Lipinski definition) is 0. The Kier molecular flexibility index (Phi) is 4.49. The standard InChI is InChI=1S/C13H13F2N3OS/c1-8(6-20-13-17-16-7-18(13)2)12(19)9-3-4-10(14)11(15)5-9/h3-5,7-8H,6H2,1-2H3/t8-/m0/s1. The van der Waals surface area contributed by atoms with Crippen LogP contribution in [0.25, 0.3) is 0 Å². The number of aryl methyl sites for hydroxylation is 1. The van der Waals surface area contributed by atoms with E-state index in [1.807, 2.05) is 7.05 Å². The van der Waals surface area contributed by atoms with E-state index in [-0.39, 0.29) is 17.3 Å². The van der Waals surface area contributed by atoms with E-state index in [4.69, 9.17) is 0 Å². The van der Waals surface area contributed by atoms with Crippen LogP contribution >= 0.6 is 11.8 Å². The van der Waals surface area contributed by atoms with Crippen molar-refractivity contribution in [2.45, 2.75) is 12.1 Å². The summed E-state index contributed by atoms with van der Waals surface area (Å²) >= 11 is 1.39. The number of hydrogen-bond acceptors (Lipinski definition) is 4. The number of rotatable bonds is 5. The number of benzene rings is 1. The molecule has 0 saturated heterocycles. The second kappa shape index (κ2) is 6.13. The molecule has 0 bridgehead atoms. The molecule has 7 heteroatoms. The van der Waals surface area contributed by atoms with Gasteiger partial charge in [-0.3, -0.25) is 4.79 Å². The van der Waals surface area contributed by atoms with Crippen molar-refractivity contribution in [3.05, 3.63) is 41.7 Å². The molecule has 2 aromatic rings. The van der Waals surface area contributed by atoms with Gasteiger partial charge in [0.15, 0.2) is 22.6 Å². The SMILES string of the molecule is C[C@@H](CSc1nncn1C)C(=O)c1ccc(F)c(F)c1. The molecule has 2 rings (SSSR count). The third-order valence-corrected chi connectivity index (χ3v) is 4.08. The summed E-state index contributed by atoms with van der Waals surface area (Å²) in [4.78, 5) is 12.1. The number of aromatic nitrogens is 3. The van der Waals surface area contributed by atoms with Gasteiger partial charge < -0.3 is 4.57 Å². The maximum absolute atomic E-state index is 13.1. The van der Waals surface area contributed by atoms with Gasteiger partial charge in [0, 0.05) is 24.3 Å². The van der Waals surface area contributed by atoms with Crippen molar-refractivity contribution in [2.75, 3.05) is 5.75 Å². The van der Waals surface area contributed by atoms with Crippen molar-refractivity contribution >= 4 is 17.5 Å². The molecule has 0 spiro atoms. The zero-order chi connectivity index (χ0) is 14.7. The number of ketones is 1. The molecule has 0 aliphatic carbocycles. The predicted octanol–water partition coefficient (Wildman–Crippen LogP) is 2.70. The average molecular weight is 297 g/mol. The molecule has 0 amide bonds. The highest BCUT2D eigenvalue weighted by Gasteiger charge is 2.18. The van der Waals surface area contributed by atoms with Crippen LogP contribution in [0.15, 0.2) is 29.7 Å². The second-order valence-corrected chi connectivity index (χ2v) is 5.42. The van der Waals surface area contributed by atoms with Gasteiger partial charge in [0.25, 0.3) is 0 Å². The van der Waals surface area contributed by atoms with E-state index in [9.17, 15) is 13.6 Å². The molecule has 0 fully saturated rings. The minimum Gasteiger partial charge on any atom is -0.312 e. The molecule has 20 heavy (non-hydrogen) atoms. The Morgan fingerprint density at radius 1 is 1.40 bits per heavy atom. The first-order chi connectivity index (χ1) is 9.49. The van der Waals surface area contributed by atoms with Gasteiger partial charge in [0.05, 0.1) is 0 Å². The lowest BCUT2D eigenvalue weighted by Crippen LogP contribution is -2.14. The highest BCUT2D eigenvalue weighted by molar-refractivity contribution is 7.99. The summed E-state index contributed by atoms with van der Waals surface area (Å²) in [5.41, 5.74) is 0.176. The van der Waals surface area contributed by atoms with Crippen molar-refractivity contribution in [3.63, 3.8) is 0 Å². The lowest BCUT2D eigenvalue weighted by molar-refractivity contribution is 0.0941. The monoisotopic (exact) mass is 297 g/mol. The molecule has 1 aromatic carbocycles. The maximum Gasteiger partial charge on any atom is 0.190 e.